The molecule has 0 aliphatic rings. The fourth-order valence-electron chi connectivity index (χ4n) is 2.10. The quantitative estimate of drug-likeness (QED) is 0.821. The summed E-state index contributed by atoms with van der Waals surface area (Å²) >= 11 is 1.61. The lowest BCUT2D eigenvalue weighted by Crippen LogP contribution is -2.48. The van der Waals surface area contributed by atoms with Gasteiger partial charge in [0.2, 0.25) is 5.91 Å². The molecule has 1 N–H and O–H groups in total. The summed E-state index contributed by atoms with van der Waals surface area (Å²) < 4.78 is 5.27. The summed E-state index contributed by atoms with van der Waals surface area (Å²) in [7, 11) is 1.76. The van der Waals surface area contributed by atoms with Gasteiger partial charge in [0, 0.05) is 11.9 Å². The van der Waals surface area contributed by atoms with Crippen LogP contribution in [0.3, 0.4) is 0 Å². The summed E-state index contributed by atoms with van der Waals surface area (Å²) in [6.45, 7) is 8.02. The lowest BCUT2D eigenvalue weighted by Gasteiger charge is -2.26. The Hall–Kier alpha value is -1.56. The zero-order valence-electron chi connectivity index (χ0n) is 14.7. The largest absolute Gasteiger partial charge is 0.444 e. The number of unbranched alkanes of at least 4 members (excludes halogenated alkanes) is 1. The molecular weight excluding hydrogens is 312 g/mol. The predicted molar refractivity (Wildman–Crippen MR) is 93.5 cm³/mol. The molecule has 0 fully saturated rings. The molecule has 0 spiro atoms. The lowest BCUT2D eigenvalue weighted by atomic mass is 10.1. The molecule has 6 heteroatoms. The highest BCUT2D eigenvalue weighted by Crippen LogP contribution is 2.13. The number of nitrogens with zero attached hydrogens (tertiary/aromatic N) is 1. The van der Waals surface area contributed by atoms with Crippen molar-refractivity contribution in [2.45, 2.75) is 65.1 Å². The second-order valence-corrected chi connectivity index (χ2v) is 7.65. The summed E-state index contributed by atoms with van der Waals surface area (Å²) in [4.78, 5) is 27.4. The number of rotatable bonds is 7. The number of nitrogens with one attached hydrogen (secondary N) is 1. The van der Waals surface area contributed by atoms with Crippen LogP contribution in [0, 0.1) is 0 Å². The fraction of sp³-hybridized carbons (Fsp3) is 0.647. The Morgan fingerprint density at radius 3 is 2.61 bits per heavy atom. The summed E-state index contributed by atoms with van der Waals surface area (Å²) in [5.74, 6) is -0.0855. The predicted octanol–water partition coefficient (Wildman–Crippen LogP) is 3.79. The number of carbonyl (C=O) groups is 2. The van der Waals surface area contributed by atoms with Crippen LogP contribution < -0.4 is 5.32 Å². The summed E-state index contributed by atoms with van der Waals surface area (Å²) in [5.41, 5.74) is -0.578. The zero-order valence-corrected chi connectivity index (χ0v) is 15.5. The van der Waals surface area contributed by atoms with Crippen molar-refractivity contribution in [3.05, 3.63) is 22.4 Å². The van der Waals surface area contributed by atoms with Gasteiger partial charge in [-0.2, -0.15) is 0 Å². The minimum Gasteiger partial charge on any atom is -0.444 e. The van der Waals surface area contributed by atoms with Gasteiger partial charge in [-0.15, -0.1) is 11.3 Å². The Kier molecular flexibility index (Phi) is 7.55. The van der Waals surface area contributed by atoms with E-state index in [0.29, 0.717) is 13.0 Å². The molecule has 5 nitrogen and oxygen atoms in total. The van der Waals surface area contributed by atoms with E-state index in [1.54, 1.807) is 44.1 Å². The average molecular weight is 340 g/mol. The van der Waals surface area contributed by atoms with Gasteiger partial charge < -0.3 is 15.0 Å². The van der Waals surface area contributed by atoms with Crippen molar-refractivity contribution in [3.63, 3.8) is 0 Å². The molecule has 1 aromatic heterocycles. The number of alkyl carbamates (subject to hydrolysis) is 1. The number of carbonyl (C=O) groups excluding carboxylic acids is 2. The highest BCUT2D eigenvalue weighted by Gasteiger charge is 2.26. The number of likely N-dealkylation sites (N-methyl/N-ethyl adjacent to an activating group) is 1. The van der Waals surface area contributed by atoms with Crippen LogP contribution in [0.15, 0.2) is 17.5 Å². The normalized spacial score (nSPS) is 12.6. The first-order chi connectivity index (χ1) is 10.7. The van der Waals surface area contributed by atoms with Gasteiger partial charge in [-0.05, 0) is 38.6 Å². The maximum absolute atomic E-state index is 12.6. The molecule has 1 aromatic rings. The van der Waals surface area contributed by atoms with Crippen LogP contribution >= 0.6 is 11.3 Å². The molecule has 0 bridgehead atoms. The van der Waals surface area contributed by atoms with Crippen LogP contribution in [0.4, 0.5) is 4.79 Å². The second-order valence-electron chi connectivity index (χ2n) is 6.61. The smallest absolute Gasteiger partial charge is 0.408 e. The van der Waals surface area contributed by atoms with Crippen molar-refractivity contribution < 1.29 is 14.3 Å². The third-order valence-corrected chi connectivity index (χ3v) is 4.05. The van der Waals surface area contributed by atoms with Crippen molar-refractivity contribution in [1.82, 2.24) is 10.2 Å². The van der Waals surface area contributed by atoms with Gasteiger partial charge in [0.25, 0.3) is 0 Å². The van der Waals surface area contributed by atoms with Gasteiger partial charge in [-0.3, -0.25) is 4.79 Å². The highest BCUT2D eigenvalue weighted by atomic mass is 32.1. The van der Waals surface area contributed by atoms with Crippen LogP contribution in [0.25, 0.3) is 0 Å². The molecule has 0 aliphatic heterocycles. The average Bonchev–Trinajstić information content (AvgIpc) is 2.93. The monoisotopic (exact) mass is 340 g/mol. The molecule has 130 valence electrons. The van der Waals surface area contributed by atoms with Gasteiger partial charge in [0.1, 0.15) is 11.6 Å². The molecule has 0 unspecified atom stereocenters. The summed E-state index contributed by atoms with van der Waals surface area (Å²) in [6, 6.07) is 3.41. The molecule has 0 aliphatic carbocycles. The molecule has 2 amide bonds. The SMILES string of the molecule is CCCC[C@H](NC(=O)OC(C)(C)C)C(=O)N(C)Cc1cccs1. The Bertz CT molecular complexity index is 494. The first-order valence-electron chi connectivity index (χ1n) is 7.99. The van der Waals surface area contributed by atoms with Gasteiger partial charge in [0.15, 0.2) is 0 Å². The van der Waals surface area contributed by atoms with Crippen LogP contribution in [-0.2, 0) is 16.1 Å². The van der Waals surface area contributed by atoms with E-state index in [1.807, 2.05) is 17.5 Å². The zero-order chi connectivity index (χ0) is 17.5. The van der Waals surface area contributed by atoms with Gasteiger partial charge in [0.05, 0.1) is 6.54 Å². The fourth-order valence-corrected chi connectivity index (χ4v) is 2.85. The van der Waals surface area contributed by atoms with Crippen LogP contribution in [0.1, 0.15) is 51.8 Å². The number of thiophene rings is 1. The van der Waals surface area contributed by atoms with E-state index >= 15 is 0 Å². The number of ether oxygens (including phenoxy) is 1. The summed E-state index contributed by atoms with van der Waals surface area (Å²) in [5, 5.41) is 4.71. The van der Waals surface area contributed by atoms with E-state index in [4.69, 9.17) is 4.74 Å². The maximum atomic E-state index is 12.6. The van der Waals surface area contributed by atoms with Crippen molar-refractivity contribution in [3.8, 4) is 0 Å². The van der Waals surface area contributed by atoms with Crippen LogP contribution in [-0.4, -0.2) is 35.6 Å². The van der Waals surface area contributed by atoms with E-state index in [0.717, 1.165) is 17.7 Å². The van der Waals surface area contributed by atoms with E-state index in [9.17, 15) is 9.59 Å². The minimum absolute atomic E-state index is 0.0855. The van der Waals surface area contributed by atoms with Crippen molar-refractivity contribution in [1.29, 1.82) is 0 Å². The molecule has 1 heterocycles. The maximum Gasteiger partial charge on any atom is 0.408 e. The molecular formula is C17H28N2O3S. The molecule has 1 atom stereocenters. The van der Waals surface area contributed by atoms with Crippen LogP contribution in [0.5, 0.6) is 0 Å². The van der Waals surface area contributed by atoms with E-state index in [2.05, 4.69) is 12.2 Å². The second kappa shape index (κ2) is 8.91. The molecule has 23 heavy (non-hydrogen) atoms. The molecule has 0 saturated heterocycles. The molecule has 0 radical (unpaired) electrons. The Balaban J connectivity index is 2.67. The van der Waals surface area contributed by atoms with E-state index in [-0.39, 0.29) is 5.91 Å². The molecule has 0 aromatic carbocycles. The highest BCUT2D eigenvalue weighted by molar-refractivity contribution is 7.09. The standard InChI is InChI=1S/C17H28N2O3S/c1-6-7-10-14(18-16(21)22-17(2,3)4)15(20)19(5)12-13-9-8-11-23-13/h8-9,11,14H,6-7,10,12H2,1-5H3,(H,18,21)/t14-/m0/s1. The third-order valence-electron chi connectivity index (χ3n) is 3.18. The van der Waals surface area contributed by atoms with Crippen molar-refractivity contribution >= 4 is 23.3 Å². The Morgan fingerprint density at radius 1 is 1.39 bits per heavy atom. The Labute approximate surface area is 143 Å². The first kappa shape index (κ1) is 19.5. The summed E-state index contributed by atoms with van der Waals surface area (Å²) in [6.07, 6.45) is 1.91. The minimum atomic E-state index is -0.578. The first-order valence-corrected chi connectivity index (χ1v) is 8.87. The lowest BCUT2D eigenvalue weighted by molar-refractivity contribution is -0.132. The van der Waals surface area contributed by atoms with E-state index in [1.165, 1.54) is 0 Å². The van der Waals surface area contributed by atoms with Crippen molar-refractivity contribution in [2.24, 2.45) is 0 Å². The number of hydrogen-bond acceptors (Lipinski definition) is 4. The topological polar surface area (TPSA) is 58.6 Å². The van der Waals surface area contributed by atoms with Gasteiger partial charge in [-0.1, -0.05) is 25.8 Å². The van der Waals surface area contributed by atoms with Crippen LogP contribution in [0.2, 0.25) is 0 Å². The molecule has 1 rings (SSSR count). The van der Waals surface area contributed by atoms with Crippen molar-refractivity contribution in [2.75, 3.05) is 7.05 Å². The Morgan fingerprint density at radius 2 is 2.09 bits per heavy atom. The number of amides is 2. The number of hydrogen-bond donors (Lipinski definition) is 1. The van der Waals surface area contributed by atoms with E-state index < -0.39 is 17.7 Å². The molecule has 0 saturated carbocycles. The van der Waals surface area contributed by atoms with Gasteiger partial charge >= 0.3 is 6.09 Å². The third kappa shape index (κ3) is 7.50. The van der Waals surface area contributed by atoms with Gasteiger partial charge in [-0.25, -0.2) is 4.79 Å².